The highest BCUT2D eigenvalue weighted by atomic mass is 32.2. The molecule has 3 fully saturated rings. The maximum absolute atomic E-state index is 12.8. The van der Waals surface area contributed by atoms with Crippen LogP contribution in [0, 0.1) is 6.92 Å². The summed E-state index contributed by atoms with van der Waals surface area (Å²) in [7, 11) is -3.12. The molecule has 0 saturated carbocycles. The van der Waals surface area contributed by atoms with E-state index in [1.165, 1.54) is 0 Å². The number of urea groups is 1. The van der Waals surface area contributed by atoms with E-state index in [4.69, 9.17) is 4.42 Å². The van der Waals surface area contributed by atoms with Crippen LogP contribution in [0.4, 0.5) is 4.79 Å². The van der Waals surface area contributed by atoms with Crippen LogP contribution in [0.25, 0.3) is 0 Å². The van der Waals surface area contributed by atoms with Crippen molar-refractivity contribution >= 4 is 15.9 Å². The number of hydrogen-bond donors (Lipinski definition) is 0. The molecule has 0 aromatic carbocycles. The normalized spacial score (nSPS) is 29.2. The fourth-order valence-corrected chi connectivity index (χ4v) is 6.33. The van der Waals surface area contributed by atoms with Gasteiger partial charge >= 0.3 is 6.03 Å². The van der Waals surface area contributed by atoms with Crippen molar-refractivity contribution in [1.82, 2.24) is 14.7 Å². The van der Waals surface area contributed by atoms with Gasteiger partial charge in [0.15, 0.2) is 9.84 Å². The largest absolute Gasteiger partial charge is 0.465 e. The molecular formula is C17H25N3O4S. The van der Waals surface area contributed by atoms with E-state index in [0.29, 0.717) is 19.6 Å². The molecule has 1 aromatic rings. The number of furan rings is 1. The van der Waals surface area contributed by atoms with Crippen LogP contribution in [0.15, 0.2) is 16.5 Å². The summed E-state index contributed by atoms with van der Waals surface area (Å²) in [6.45, 7) is 5.32. The second-order valence-corrected chi connectivity index (χ2v) is 9.52. The van der Waals surface area contributed by atoms with Crippen molar-refractivity contribution in [3.05, 3.63) is 23.7 Å². The molecule has 3 aliphatic heterocycles. The van der Waals surface area contributed by atoms with Crippen LogP contribution in [0.1, 0.15) is 24.4 Å². The predicted octanol–water partition coefficient (Wildman–Crippen LogP) is 1.09. The van der Waals surface area contributed by atoms with Gasteiger partial charge in [-0.15, -0.1) is 0 Å². The Morgan fingerprint density at radius 2 is 1.84 bits per heavy atom. The minimum absolute atomic E-state index is 0.0121. The Morgan fingerprint density at radius 3 is 2.52 bits per heavy atom. The molecule has 0 unspecified atom stereocenters. The minimum Gasteiger partial charge on any atom is -0.465 e. The van der Waals surface area contributed by atoms with Gasteiger partial charge < -0.3 is 14.2 Å². The van der Waals surface area contributed by atoms with Crippen molar-refractivity contribution in [2.24, 2.45) is 0 Å². The zero-order valence-corrected chi connectivity index (χ0v) is 15.4. The van der Waals surface area contributed by atoms with Crippen molar-refractivity contribution in [1.29, 1.82) is 0 Å². The van der Waals surface area contributed by atoms with Crippen LogP contribution < -0.4 is 0 Å². The summed E-state index contributed by atoms with van der Waals surface area (Å²) in [6, 6.07) is 3.48. The number of likely N-dealkylation sites (tertiary alicyclic amines) is 1. The maximum Gasteiger partial charge on any atom is 0.320 e. The Hall–Kier alpha value is -1.54. The van der Waals surface area contributed by atoms with Gasteiger partial charge in [0.1, 0.15) is 11.5 Å². The summed E-state index contributed by atoms with van der Waals surface area (Å²) in [5.41, 5.74) is 0. The molecule has 0 bridgehead atoms. The number of rotatable bonds is 2. The first-order chi connectivity index (χ1) is 11.9. The Kier molecular flexibility index (Phi) is 4.27. The highest BCUT2D eigenvalue weighted by Crippen LogP contribution is 2.29. The zero-order chi connectivity index (χ0) is 17.6. The highest BCUT2D eigenvalue weighted by molar-refractivity contribution is 7.91. The lowest BCUT2D eigenvalue weighted by Gasteiger charge is -2.44. The molecule has 2 amide bonds. The SMILES string of the molecule is Cc1ccc(CN2CCN(C(=O)N3CCCC3)[C@@H]3CS(=O)(=O)C[C@@H]32)o1. The van der Waals surface area contributed by atoms with E-state index >= 15 is 0 Å². The molecule has 4 rings (SSSR count). The number of carbonyl (C=O) groups is 1. The molecule has 25 heavy (non-hydrogen) atoms. The topological polar surface area (TPSA) is 74.1 Å². The number of carbonyl (C=O) groups excluding carboxylic acids is 1. The average molecular weight is 367 g/mol. The molecule has 0 N–H and O–H groups in total. The molecule has 0 aliphatic carbocycles. The summed E-state index contributed by atoms with van der Waals surface area (Å²) in [5, 5.41) is 0. The summed E-state index contributed by atoms with van der Waals surface area (Å²) >= 11 is 0. The van der Waals surface area contributed by atoms with Crippen LogP contribution in [-0.4, -0.2) is 78.9 Å². The first-order valence-corrected chi connectivity index (χ1v) is 10.8. The van der Waals surface area contributed by atoms with E-state index in [2.05, 4.69) is 4.90 Å². The molecular weight excluding hydrogens is 342 g/mol. The first-order valence-electron chi connectivity index (χ1n) is 8.98. The summed E-state index contributed by atoms with van der Waals surface area (Å²) < 4.78 is 30.2. The van der Waals surface area contributed by atoms with Crippen LogP contribution in [0.3, 0.4) is 0 Å². The van der Waals surface area contributed by atoms with Crippen LogP contribution in [-0.2, 0) is 16.4 Å². The third kappa shape index (κ3) is 3.29. The number of hydrogen-bond acceptors (Lipinski definition) is 5. The summed E-state index contributed by atoms with van der Waals surface area (Å²) in [5.74, 6) is 1.90. The molecule has 3 aliphatic rings. The first kappa shape index (κ1) is 16.9. The second-order valence-electron chi connectivity index (χ2n) is 7.36. The van der Waals surface area contributed by atoms with Gasteiger partial charge in [-0.2, -0.15) is 0 Å². The van der Waals surface area contributed by atoms with Gasteiger partial charge in [0, 0.05) is 32.2 Å². The van der Waals surface area contributed by atoms with E-state index in [1.807, 2.05) is 28.9 Å². The van der Waals surface area contributed by atoms with Crippen molar-refractivity contribution in [2.45, 2.75) is 38.4 Å². The zero-order valence-electron chi connectivity index (χ0n) is 14.6. The van der Waals surface area contributed by atoms with Gasteiger partial charge in [0.05, 0.1) is 24.1 Å². The lowest BCUT2D eigenvalue weighted by atomic mass is 10.0. The molecule has 8 heteroatoms. The Balaban J connectivity index is 1.54. The third-order valence-electron chi connectivity index (χ3n) is 5.57. The molecule has 3 saturated heterocycles. The molecule has 1 aromatic heterocycles. The van der Waals surface area contributed by atoms with Gasteiger partial charge in [-0.1, -0.05) is 0 Å². The van der Waals surface area contributed by atoms with Crippen LogP contribution >= 0.6 is 0 Å². The quantitative estimate of drug-likeness (QED) is 0.782. The average Bonchev–Trinajstić information content (AvgIpc) is 3.26. The van der Waals surface area contributed by atoms with E-state index in [1.54, 1.807) is 0 Å². The van der Waals surface area contributed by atoms with Gasteiger partial charge in [-0.3, -0.25) is 4.90 Å². The second kappa shape index (κ2) is 6.32. The Morgan fingerprint density at radius 1 is 1.12 bits per heavy atom. The predicted molar refractivity (Wildman–Crippen MR) is 93.0 cm³/mol. The Labute approximate surface area is 148 Å². The fraction of sp³-hybridized carbons (Fsp3) is 0.706. The lowest BCUT2D eigenvalue weighted by Crippen LogP contribution is -2.62. The van der Waals surface area contributed by atoms with E-state index in [9.17, 15) is 13.2 Å². The van der Waals surface area contributed by atoms with Gasteiger partial charge in [0.2, 0.25) is 0 Å². The van der Waals surface area contributed by atoms with Gasteiger partial charge in [0.25, 0.3) is 0 Å². The van der Waals surface area contributed by atoms with Crippen molar-refractivity contribution in [3.63, 3.8) is 0 Å². The molecule has 7 nitrogen and oxygen atoms in total. The third-order valence-corrected chi connectivity index (χ3v) is 7.27. The van der Waals surface area contributed by atoms with E-state index < -0.39 is 9.84 Å². The van der Waals surface area contributed by atoms with Gasteiger partial charge in [-0.05, 0) is 31.9 Å². The molecule has 2 atom stereocenters. The molecule has 0 radical (unpaired) electrons. The summed E-state index contributed by atoms with van der Waals surface area (Å²) in [4.78, 5) is 18.7. The Bertz CT molecular complexity index is 754. The number of piperazine rings is 1. The standard InChI is InChI=1S/C17H25N3O4S/c1-13-4-5-14(24-13)10-19-8-9-20(17(21)18-6-2-3-7-18)16-12-25(22,23)11-15(16)19/h4-5,15-16H,2-3,6-12H2,1H3/t15-,16+/m0/s1. The van der Waals surface area contributed by atoms with Crippen molar-refractivity contribution < 1.29 is 17.6 Å². The van der Waals surface area contributed by atoms with Crippen molar-refractivity contribution in [3.8, 4) is 0 Å². The number of nitrogens with zero attached hydrogens (tertiary/aromatic N) is 3. The molecule has 4 heterocycles. The minimum atomic E-state index is -3.12. The number of amides is 2. The van der Waals surface area contributed by atoms with Crippen LogP contribution in [0.2, 0.25) is 0 Å². The molecule has 0 spiro atoms. The van der Waals surface area contributed by atoms with E-state index in [-0.39, 0.29) is 29.6 Å². The number of sulfone groups is 1. The highest BCUT2D eigenvalue weighted by Gasteiger charge is 2.48. The van der Waals surface area contributed by atoms with Crippen molar-refractivity contribution in [2.75, 3.05) is 37.7 Å². The smallest absolute Gasteiger partial charge is 0.320 e. The number of aryl methyl sites for hydroxylation is 1. The lowest BCUT2D eigenvalue weighted by molar-refractivity contribution is 0.0459. The monoisotopic (exact) mass is 367 g/mol. The fourth-order valence-electron chi connectivity index (χ4n) is 4.32. The molecule has 138 valence electrons. The van der Waals surface area contributed by atoms with E-state index in [0.717, 1.165) is 37.5 Å². The van der Waals surface area contributed by atoms with Gasteiger partial charge in [-0.25, -0.2) is 13.2 Å². The summed E-state index contributed by atoms with van der Waals surface area (Å²) in [6.07, 6.45) is 2.08. The number of fused-ring (bicyclic) bond motifs is 1. The van der Waals surface area contributed by atoms with Crippen LogP contribution in [0.5, 0.6) is 0 Å². The maximum atomic E-state index is 12.8.